The fraction of sp³-hybridized carbons (Fsp3) is 0.471. The monoisotopic (exact) mass is 359 g/mol. The molecule has 0 radical (unpaired) electrons. The van der Waals surface area contributed by atoms with Crippen molar-refractivity contribution in [3.8, 4) is 5.88 Å². The number of hydrogen-bond donors (Lipinski definition) is 1. The summed E-state index contributed by atoms with van der Waals surface area (Å²) in [6, 6.07) is 4.86. The minimum Gasteiger partial charge on any atom is -0.471 e. The number of ether oxygens (including phenoxy) is 1. The number of aromatic nitrogens is 4. The van der Waals surface area contributed by atoms with Crippen molar-refractivity contribution >= 4 is 5.91 Å². The number of nitrogens with one attached hydrogen (secondary N) is 1. The summed E-state index contributed by atoms with van der Waals surface area (Å²) >= 11 is 0. The van der Waals surface area contributed by atoms with Crippen LogP contribution in [-0.4, -0.2) is 49.7 Å². The van der Waals surface area contributed by atoms with Crippen LogP contribution in [0.5, 0.6) is 5.88 Å². The first kappa shape index (κ1) is 17.8. The number of hydrogen-bond acceptors (Lipinski definition) is 6. The van der Waals surface area contributed by atoms with Gasteiger partial charge in [0.2, 0.25) is 11.8 Å². The minimum atomic E-state index is -0.511. The molecule has 0 bridgehead atoms. The van der Waals surface area contributed by atoms with Crippen molar-refractivity contribution in [3.63, 3.8) is 0 Å². The summed E-state index contributed by atoms with van der Waals surface area (Å²) in [6.07, 6.45) is 3.14. The lowest BCUT2D eigenvalue weighted by Gasteiger charge is -2.32. The van der Waals surface area contributed by atoms with Crippen LogP contribution >= 0.6 is 0 Å². The van der Waals surface area contributed by atoms with Crippen molar-refractivity contribution in [2.45, 2.75) is 38.8 Å². The van der Waals surface area contributed by atoms with Crippen molar-refractivity contribution in [2.75, 3.05) is 13.1 Å². The first-order chi connectivity index (χ1) is 12.5. The third-order valence-corrected chi connectivity index (χ3v) is 4.26. The van der Waals surface area contributed by atoms with Crippen molar-refractivity contribution < 1.29 is 9.53 Å². The Labute approximate surface area is 149 Å². The van der Waals surface area contributed by atoms with Crippen molar-refractivity contribution in [1.82, 2.24) is 24.6 Å². The van der Waals surface area contributed by atoms with Gasteiger partial charge in [0.1, 0.15) is 6.10 Å². The van der Waals surface area contributed by atoms with E-state index in [2.05, 4.69) is 15.2 Å². The Balaban J connectivity index is 1.54. The highest BCUT2D eigenvalue weighted by molar-refractivity contribution is 5.76. The number of piperidine rings is 1. The van der Waals surface area contributed by atoms with Gasteiger partial charge in [0.05, 0.1) is 12.2 Å². The molecule has 0 saturated carbocycles. The molecule has 0 aliphatic carbocycles. The van der Waals surface area contributed by atoms with Crippen LogP contribution in [0.2, 0.25) is 0 Å². The molecule has 3 rings (SSSR count). The van der Waals surface area contributed by atoms with Crippen molar-refractivity contribution in [1.29, 1.82) is 0 Å². The number of carbonyl (C=O) groups is 1. The first-order valence-corrected chi connectivity index (χ1v) is 8.56. The van der Waals surface area contributed by atoms with E-state index in [9.17, 15) is 14.4 Å². The summed E-state index contributed by atoms with van der Waals surface area (Å²) < 4.78 is 7.14. The van der Waals surface area contributed by atoms with Crippen LogP contribution in [0.15, 0.2) is 34.0 Å². The topological polar surface area (TPSA) is 110 Å². The third kappa shape index (κ3) is 4.56. The zero-order chi connectivity index (χ0) is 18.5. The van der Waals surface area contributed by atoms with E-state index in [1.165, 1.54) is 16.8 Å². The normalized spacial score (nSPS) is 17.1. The predicted molar refractivity (Wildman–Crippen MR) is 92.9 cm³/mol. The highest BCUT2D eigenvalue weighted by Gasteiger charge is 2.25. The predicted octanol–water partition coefficient (Wildman–Crippen LogP) is 0.0951. The molecule has 138 valence electrons. The van der Waals surface area contributed by atoms with Crippen LogP contribution in [0.3, 0.4) is 0 Å². The molecule has 2 aromatic rings. The molecule has 1 unspecified atom stereocenters. The molecule has 0 aromatic carbocycles. The Morgan fingerprint density at radius 1 is 1.31 bits per heavy atom. The molecule has 2 aromatic heterocycles. The zero-order valence-electron chi connectivity index (χ0n) is 14.6. The second-order valence-electron chi connectivity index (χ2n) is 6.29. The molecule has 1 amide bonds. The number of amides is 1. The average Bonchev–Trinajstić information content (AvgIpc) is 2.63. The van der Waals surface area contributed by atoms with E-state index in [0.717, 1.165) is 18.5 Å². The van der Waals surface area contributed by atoms with Gasteiger partial charge in [-0.25, -0.2) is 4.79 Å². The Morgan fingerprint density at radius 3 is 2.88 bits per heavy atom. The Bertz CT molecular complexity index is 874. The molecule has 9 nitrogen and oxygen atoms in total. The zero-order valence-corrected chi connectivity index (χ0v) is 14.6. The smallest absolute Gasteiger partial charge is 0.328 e. The number of nitrogens with zero attached hydrogens (tertiary/aromatic N) is 4. The SMILES string of the molecule is Cc1ccc(OC2CCCN(C(=O)CCn3ccc(=O)[nH]c3=O)C2)nn1. The molecule has 1 atom stereocenters. The molecule has 9 heteroatoms. The van der Waals surface area contributed by atoms with Gasteiger partial charge in [0, 0.05) is 37.8 Å². The maximum atomic E-state index is 12.4. The van der Waals surface area contributed by atoms with Gasteiger partial charge in [-0.1, -0.05) is 0 Å². The maximum Gasteiger partial charge on any atom is 0.328 e. The highest BCUT2D eigenvalue weighted by Crippen LogP contribution is 2.17. The van der Waals surface area contributed by atoms with Gasteiger partial charge in [-0.3, -0.25) is 14.6 Å². The standard InChI is InChI=1S/C17H21N5O4/c1-12-4-5-15(20-19-12)26-13-3-2-8-22(11-13)16(24)7-10-21-9-6-14(23)18-17(21)25/h4-6,9,13H,2-3,7-8,10-11H2,1H3,(H,18,23,25). The number of H-pyrrole nitrogens is 1. The number of carbonyl (C=O) groups excluding carboxylic acids is 1. The summed E-state index contributed by atoms with van der Waals surface area (Å²) in [5.74, 6) is 0.404. The molecule has 1 N–H and O–H groups in total. The summed E-state index contributed by atoms with van der Waals surface area (Å²) in [6.45, 7) is 3.22. The van der Waals surface area contributed by atoms with E-state index in [1.807, 2.05) is 13.0 Å². The van der Waals surface area contributed by atoms with Gasteiger partial charge < -0.3 is 14.2 Å². The summed E-state index contributed by atoms with van der Waals surface area (Å²) in [5.41, 5.74) is -0.147. The van der Waals surface area contributed by atoms with Gasteiger partial charge in [-0.15, -0.1) is 5.10 Å². The maximum absolute atomic E-state index is 12.4. The Morgan fingerprint density at radius 2 is 2.15 bits per heavy atom. The second-order valence-corrected chi connectivity index (χ2v) is 6.29. The molecule has 26 heavy (non-hydrogen) atoms. The number of aryl methyl sites for hydroxylation is 2. The fourth-order valence-corrected chi connectivity index (χ4v) is 2.88. The molecule has 1 saturated heterocycles. The second kappa shape index (κ2) is 7.94. The average molecular weight is 359 g/mol. The highest BCUT2D eigenvalue weighted by atomic mass is 16.5. The molecule has 1 aliphatic heterocycles. The van der Waals surface area contributed by atoms with E-state index in [-0.39, 0.29) is 25.0 Å². The van der Waals surface area contributed by atoms with E-state index < -0.39 is 11.2 Å². The molecule has 1 fully saturated rings. The van der Waals surface area contributed by atoms with Gasteiger partial charge in [0.25, 0.3) is 5.56 Å². The number of likely N-dealkylation sites (tertiary alicyclic amines) is 1. The van der Waals surface area contributed by atoms with Gasteiger partial charge in [0.15, 0.2) is 0 Å². The van der Waals surface area contributed by atoms with Crippen LogP contribution in [0.4, 0.5) is 0 Å². The van der Waals surface area contributed by atoms with Crippen molar-refractivity contribution in [2.24, 2.45) is 0 Å². The number of aromatic amines is 1. The van der Waals surface area contributed by atoms with Gasteiger partial charge in [-0.05, 0) is 25.8 Å². The van der Waals surface area contributed by atoms with Crippen molar-refractivity contribution in [3.05, 3.63) is 50.9 Å². The van der Waals surface area contributed by atoms with E-state index >= 15 is 0 Å². The number of rotatable bonds is 5. The summed E-state index contributed by atoms with van der Waals surface area (Å²) in [5, 5.41) is 7.96. The molecule has 0 spiro atoms. The van der Waals surface area contributed by atoms with Crippen LogP contribution in [0.25, 0.3) is 0 Å². The quantitative estimate of drug-likeness (QED) is 0.810. The first-order valence-electron chi connectivity index (χ1n) is 8.56. The van der Waals surface area contributed by atoms with Crippen LogP contribution in [0.1, 0.15) is 25.0 Å². The molecule has 1 aliphatic rings. The summed E-state index contributed by atoms with van der Waals surface area (Å²) in [4.78, 5) is 39.1. The Hall–Kier alpha value is -2.97. The largest absolute Gasteiger partial charge is 0.471 e. The lowest BCUT2D eigenvalue weighted by molar-refractivity contribution is -0.134. The third-order valence-electron chi connectivity index (χ3n) is 4.26. The molecular formula is C17H21N5O4. The minimum absolute atomic E-state index is 0.0496. The Kier molecular flexibility index (Phi) is 5.45. The lowest BCUT2D eigenvalue weighted by atomic mass is 10.1. The van der Waals surface area contributed by atoms with Gasteiger partial charge >= 0.3 is 5.69 Å². The van der Waals surface area contributed by atoms with Crippen LogP contribution in [0, 0.1) is 6.92 Å². The van der Waals surface area contributed by atoms with Crippen LogP contribution in [-0.2, 0) is 11.3 Å². The fourth-order valence-electron chi connectivity index (χ4n) is 2.88. The van der Waals surface area contributed by atoms with E-state index in [4.69, 9.17) is 4.74 Å². The lowest BCUT2D eigenvalue weighted by Crippen LogP contribution is -2.45. The van der Waals surface area contributed by atoms with Crippen LogP contribution < -0.4 is 16.0 Å². The van der Waals surface area contributed by atoms with E-state index in [1.54, 1.807) is 11.0 Å². The molecule has 3 heterocycles. The van der Waals surface area contributed by atoms with Gasteiger partial charge in [-0.2, -0.15) is 5.10 Å². The molecular weight excluding hydrogens is 338 g/mol. The van der Waals surface area contributed by atoms with E-state index in [0.29, 0.717) is 19.0 Å². The summed E-state index contributed by atoms with van der Waals surface area (Å²) in [7, 11) is 0.